The Hall–Kier alpha value is -1.69. The van der Waals surface area contributed by atoms with E-state index in [0.29, 0.717) is 11.6 Å². The lowest BCUT2D eigenvalue weighted by Crippen LogP contribution is -2.40. The van der Waals surface area contributed by atoms with Crippen molar-refractivity contribution < 1.29 is 14.4 Å². The van der Waals surface area contributed by atoms with Crippen molar-refractivity contribution in [2.45, 2.75) is 6.54 Å². The second kappa shape index (κ2) is 6.47. The summed E-state index contributed by atoms with van der Waals surface area (Å²) in [6.45, 7) is 1.30. The smallest absolute Gasteiger partial charge is 0.282 e. The molecule has 0 atom stereocenters. The number of methoxy groups -OCH3 is 1. The zero-order valence-electron chi connectivity index (χ0n) is 11.0. The minimum atomic E-state index is -0.0751. The molecule has 1 amide bonds. The third-order valence-electron chi connectivity index (χ3n) is 2.78. The van der Waals surface area contributed by atoms with Crippen LogP contribution in [0, 0.1) is 0 Å². The molecular weight excluding hydrogens is 264 g/mol. The highest BCUT2D eigenvalue weighted by molar-refractivity contribution is 8.15. The molecule has 0 aliphatic carbocycles. The number of nitrogens with zero attached hydrogens (tertiary/aromatic N) is 2. The van der Waals surface area contributed by atoms with Crippen LogP contribution in [0.15, 0.2) is 29.4 Å². The summed E-state index contributed by atoms with van der Waals surface area (Å²) in [6.07, 6.45) is 0. The fourth-order valence-corrected chi connectivity index (χ4v) is 2.69. The summed E-state index contributed by atoms with van der Waals surface area (Å²) >= 11 is 1.43. The predicted octanol–water partition coefficient (Wildman–Crippen LogP) is 1.73. The van der Waals surface area contributed by atoms with Gasteiger partial charge in [-0.15, -0.1) is 0 Å². The fraction of sp³-hybridized carbons (Fsp3) is 0.385. The Kier molecular flexibility index (Phi) is 4.68. The molecule has 1 aromatic rings. The molecule has 1 heterocycles. The summed E-state index contributed by atoms with van der Waals surface area (Å²) in [6, 6.07) is 7.70. The van der Waals surface area contributed by atoms with Crippen LogP contribution in [0.4, 0.5) is 0 Å². The molecule has 1 aliphatic heterocycles. The lowest BCUT2D eigenvalue weighted by Gasteiger charge is -2.26. The fourth-order valence-electron chi connectivity index (χ4n) is 1.80. The van der Waals surface area contributed by atoms with Gasteiger partial charge in [0.1, 0.15) is 12.9 Å². The summed E-state index contributed by atoms with van der Waals surface area (Å²) in [5.41, 5.74) is 1.07. The van der Waals surface area contributed by atoms with E-state index in [0.717, 1.165) is 23.6 Å². The van der Waals surface area contributed by atoms with Gasteiger partial charge in [-0.3, -0.25) is 4.79 Å². The first-order valence-electron chi connectivity index (χ1n) is 5.90. The number of hydrogen-bond acceptors (Lipinski definition) is 5. The number of benzene rings is 1. The standard InChI is InChI=1S/C13H16N2O3S/c1-17-11-5-3-10(4-6-11)9-15-7-8-19-12(13(15)16)14-18-2/h3-6H,7-9H2,1-2H3. The van der Waals surface area contributed by atoms with E-state index in [1.165, 1.54) is 18.9 Å². The number of ether oxygens (including phenoxy) is 1. The first-order chi connectivity index (χ1) is 9.24. The molecule has 0 saturated carbocycles. The van der Waals surface area contributed by atoms with Crippen molar-refractivity contribution in [3.05, 3.63) is 29.8 Å². The molecule has 0 radical (unpaired) electrons. The van der Waals surface area contributed by atoms with E-state index in [1.807, 2.05) is 24.3 Å². The molecule has 102 valence electrons. The van der Waals surface area contributed by atoms with Crippen molar-refractivity contribution in [1.29, 1.82) is 0 Å². The predicted molar refractivity (Wildman–Crippen MR) is 75.3 cm³/mol. The number of thioether (sulfide) groups is 1. The topological polar surface area (TPSA) is 51.1 Å². The van der Waals surface area contributed by atoms with Crippen LogP contribution in [0.1, 0.15) is 5.56 Å². The van der Waals surface area contributed by atoms with Gasteiger partial charge in [-0.05, 0) is 17.7 Å². The molecule has 0 aromatic heterocycles. The number of carbonyl (C=O) groups excluding carboxylic acids is 1. The van der Waals surface area contributed by atoms with Gasteiger partial charge < -0.3 is 14.5 Å². The van der Waals surface area contributed by atoms with Gasteiger partial charge in [0.05, 0.1) is 7.11 Å². The number of oxime groups is 1. The monoisotopic (exact) mass is 280 g/mol. The maximum absolute atomic E-state index is 12.1. The van der Waals surface area contributed by atoms with Gasteiger partial charge in [-0.25, -0.2) is 0 Å². The molecule has 2 rings (SSSR count). The van der Waals surface area contributed by atoms with E-state index in [4.69, 9.17) is 4.74 Å². The average molecular weight is 280 g/mol. The second-order valence-electron chi connectivity index (χ2n) is 4.00. The van der Waals surface area contributed by atoms with E-state index >= 15 is 0 Å². The lowest BCUT2D eigenvalue weighted by atomic mass is 10.2. The van der Waals surface area contributed by atoms with Gasteiger partial charge in [0.25, 0.3) is 5.91 Å². The molecule has 0 bridgehead atoms. The minimum Gasteiger partial charge on any atom is -0.497 e. The van der Waals surface area contributed by atoms with Gasteiger partial charge >= 0.3 is 0 Å². The molecule has 5 nitrogen and oxygen atoms in total. The number of hydrogen-bond donors (Lipinski definition) is 0. The summed E-state index contributed by atoms with van der Waals surface area (Å²) in [7, 11) is 3.08. The third kappa shape index (κ3) is 3.41. The van der Waals surface area contributed by atoms with E-state index < -0.39 is 0 Å². The molecule has 0 unspecified atom stereocenters. The maximum Gasteiger partial charge on any atom is 0.282 e. The summed E-state index contributed by atoms with van der Waals surface area (Å²) in [4.78, 5) is 18.6. The average Bonchev–Trinajstić information content (AvgIpc) is 2.44. The highest BCUT2D eigenvalue weighted by Crippen LogP contribution is 2.18. The maximum atomic E-state index is 12.1. The van der Waals surface area contributed by atoms with Crippen molar-refractivity contribution in [2.75, 3.05) is 26.5 Å². The molecular formula is C13H16N2O3S. The molecule has 0 N–H and O–H groups in total. The van der Waals surface area contributed by atoms with Crippen LogP contribution in [0.25, 0.3) is 0 Å². The lowest BCUT2D eigenvalue weighted by molar-refractivity contribution is -0.124. The number of rotatable bonds is 4. The third-order valence-corrected chi connectivity index (χ3v) is 3.69. The Bertz CT molecular complexity index is 473. The van der Waals surface area contributed by atoms with Crippen molar-refractivity contribution in [2.24, 2.45) is 5.16 Å². The van der Waals surface area contributed by atoms with Crippen molar-refractivity contribution in [1.82, 2.24) is 4.90 Å². The molecule has 1 fully saturated rings. The Morgan fingerprint density at radius 2 is 2.05 bits per heavy atom. The van der Waals surface area contributed by atoms with Crippen LogP contribution in [0.3, 0.4) is 0 Å². The van der Waals surface area contributed by atoms with Gasteiger partial charge in [-0.1, -0.05) is 29.1 Å². The summed E-state index contributed by atoms with van der Waals surface area (Å²) in [5, 5.41) is 4.17. The van der Waals surface area contributed by atoms with E-state index in [1.54, 1.807) is 12.0 Å². The number of carbonyl (C=O) groups is 1. The van der Waals surface area contributed by atoms with Crippen LogP contribution >= 0.6 is 11.8 Å². The molecule has 1 aromatic carbocycles. The molecule has 19 heavy (non-hydrogen) atoms. The first-order valence-corrected chi connectivity index (χ1v) is 6.89. The first kappa shape index (κ1) is 13.7. The van der Waals surface area contributed by atoms with E-state index in [2.05, 4.69) is 9.99 Å². The van der Waals surface area contributed by atoms with Gasteiger partial charge in [0.2, 0.25) is 5.04 Å². The summed E-state index contributed by atoms with van der Waals surface area (Å²) in [5.74, 6) is 1.57. The van der Waals surface area contributed by atoms with Crippen molar-refractivity contribution >= 4 is 22.7 Å². The highest BCUT2D eigenvalue weighted by atomic mass is 32.2. The highest BCUT2D eigenvalue weighted by Gasteiger charge is 2.26. The van der Waals surface area contributed by atoms with Crippen LogP contribution in [0.5, 0.6) is 5.75 Å². The van der Waals surface area contributed by atoms with Gasteiger partial charge in [0.15, 0.2) is 0 Å². The van der Waals surface area contributed by atoms with Crippen LogP contribution < -0.4 is 4.74 Å². The zero-order chi connectivity index (χ0) is 13.7. The van der Waals surface area contributed by atoms with E-state index in [9.17, 15) is 4.79 Å². The van der Waals surface area contributed by atoms with E-state index in [-0.39, 0.29) is 5.91 Å². The SMILES string of the molecule is CON=C1SCCN(Cc2ccc(OC)cc2)C1=O. The van der Waals surface area contributed by atoms with Gasteiger partial charge in [0, 0.05) is 18.8 Å². The van der Waals surface area contributed by atoms with Crippen molar-refractivity contribution in [3.63, 3.8) is 0 Å². The van der Waals surface area contributed by atoms with Gasteiger partial charge in [-0.2, -0.15) is 0 Å². The molecule has 1 aliphatic rings. The van der Waals surface area contributed by atoms with Crippen LogP contribution in [0.2, 0.25) is 0 Å². The molecule has 0 spiro atoms. The van der Waals surface area contributed by atoms with Crippen LogP contribution in [-0.4, -0.2) is 42.4 Å². The Morgan fingerprint density at radius 1 is 1.32 bits per heavy atom. The Balaban J connectivity index is 2.05. The number of amides is 1. The molecule has 6 heteroatoms. The summed E-state index contributed by atoms with van der Waals surface area (Å²) < 4.78 is 5.11. The van der Waals surface area contributed by atoms with Crippen LogP contribution in [-0.2, 0) is 16.2 Å². The minimum absolute atomic E-state index is 0.0751. The molecule has 1 saturated heterocycles. The normalized spacial score (nSPS) is 17.7. The zero-order valence-corrected chi connectivity index (χ0v) is 11.8. The Morgan fingerprint density at radius 3 is 2.68 bits per heavy atom. The Labute approximate surface area is 116 Å². The second-order valence-corrected chi connectivity index (χ2v) is 5.09. The van der Waals surface area contributed by atoms with Crippen molar-refractivity contribution in [3.8, 4) is 5.75 Å². The largest absolute Gasteiger partial charge is 0.497 e. The quantitative estimate of drug-likeness (QED) is 0.788.